The summed E-state index contributed by atoms with van der Waals surface area (Å²) in [6.07, 6.45) is 7.98. The number of hydrogen-bond acceptors (Lipinski definition) is 3. The van der Waals surface area contributed by atoms with Crippen LogP contribution in [0.1, 0.15) is 37.7 Å². The summed E-state index contributed by atoms with van der Waals surface area (Å²) in [7, 11) is 0. The van der Waals surface area contributed by atoms with Crippen LogP contribution in [-0.4, -0.2) is 36.7 Å². The molecule has 0 atom stereocenters. The highest BCUT2D eigenvalue weighted by Crippen LogP contribution is 2.16. The van der Waals surface area contributed by atoms with Crippen LogP contribution in [0.25, 0.3) is 10.8 Å². The normalized spacial score (nSPS) is 16.8. The van der Waals surface area contributed by atoms with E-state index in [2.05, 4.69) is 33.6 Å². The summed E-state index contributed by atoms with van der Waals surface area (Å²) < 4.78 is 0. The number of benzene rings is 2. The average molecular weight is 323 g/mol. The number of carbonyl (C=O) groups is 1. The van der Waals surface area contributed by atoms with Crippen molar-refractivity contribution in [2.24, 2.45) is 5.10 Å². The van der Waals surface area contributed by atoms with Gasteiger partial charge in [-0.2, -0.15) is 5.10 Å². The monoisotopic (exact) mass is 323 g/mol. The summed E-state index contributed by atoms with van der Waals surface area (Å²) in [6, 6.07) is 14.3. The van der Waals surface area contributed by atoms with E-state index in [-0.39, 0.29) is 5.91 Å². The Labute approximate surface area is 143 Å². The van der Waals surface area contributed by atoms with Crippen molar-refractivity contribution in [1.29, 1.82) is 0 Å². The highest BCUT2D eigenvalue weighted by Gasteiger charge is 2.11. The highest BCUT2D eigenvalue weighted by molar-refractivity contribution is 5.99. The number of amides is 1. The molecule has 0 aliphatic carbocycles. The van der Waals surface area contributed by atoms with Gasteiger partial charge >= 0.3 is 0 Å². The Morgan fingerprint density at radius 2 is 1.71 bits per heavy atom. The fourth-order valence-corrected chi connectivity index (χ4v) is 3.25. The molecular weight excluding hydrogens is 298 g/mol. The molecule has 2 aromatic carbocycles. The van der Waals surface area contributed by atoms with Gasteiger partial charge in [0, 0.05) is 5.56 Å². The molecule has 24 heavy (non-hydrogen) atoms. The number of hydrazone groups is 1. The van der Waals surface area contributed by atoms with Crippen molar-refractivity contribution in [1.82, 2.24) is 10.3 Å². The minimum atomic E-state index is -0.0351. The lowest BCUT2D eigenvalue weighted by Crippen LogP contribution is -2.37. The van der Waals surface area contributed by atoms with Crippen LogP contribution in [0.2, 0.25) is 0 Å². The minimum absolute atomic E-state index is 0.0351. The van der Waals surface area contributed by atoms with E-state index in [1.54, 1.807) is 6.21 Å². The molecule has 0 unspecified atom stereocenters. The van der Waals surface area contributed by atoms with Gasteiger partial charge in [-0.25, -0.2) is 5.43 Å². The molecule has 3 rings (SSSR count). The predicted octanol–water partition coefficient (Wildman–Crippen LogP) is 3.56. The zero-order valence-corrected chi connectivity index (χ0v) is 14.1. The van der Waals surface area contributed by atoms with E-state index in [0.717, 1.165) is 24.0 Å². The number of rotatable bonds is 4. The van der Waals surface area contributed by atoms with E-state index in [0.29, 0.717) is 6.54 Å². The Balaban J connectivity index is 1.56. The Morgan fingerprint density at radius 3 is 2.54 bits per heavy atom. The molecule has 1 saturated heterocycles. The lowest BCUT2D eigenvalue weighted by atomic mass is 10.1. The van der Waals surface area contributed by atoms with Crippen molar-refractivity contribution in [3.8, 4) is 0 Å². The molecule has 0 radical (unpaired) electrons. The molecular formula is C20H25N3O. The molecule has 4 heteroatoms. The first kappa shape index (κ1) is 16.7. The second kappa shape index (κ2) is 8.60. The zero-order valence-electron chi connectivity index (χ0n) is 14.1. The van der Waals surface area contributed by atoms with Gasteiger partial charge < -0.3 is 0 Å². The summed E-state index contributed by atoms with van der Waals surface area (Å²) >= 11 is 0. The molecule has 1 N–H and O–H groups in total. The second-order valence-electron chi connectivity index (χ2n) is 6.41. The van der Waals surface area contributed by atoms with Gasteiger partial charge in [-0.05, 0) is 36.7 Å². The van der Waals surface area contributed by atoms with Crippen molar-refractivity contribution >= 4 is 22.9 Å². The van der Waals surface area contributed by atoms with Gasteiger partial charge in [-0.3, -0.25) is 9.69 Å². The molecule has 1 amide bonds. The maximum absolute atomic E-state index is 12.1. The highest BCUT2D eigenvalue weighted by atomic mass is 16.2. The minimum Gasteiger partial charge on any atom is -0.294 e. The molecule has 126 valence electrons. The Hall–Kier alpha value is -2.20. The predicted molar refractivity (Wildman–Crippen MR) is 99.2 cm³/mol. The fraction of sp³-hybridized carbons (Fsp3) is 0.400. The third kappa shape index (κ3) is 4.65. The smallest absolute Gasteiger partial charge is 0.254 e. The molecule has 0 aromatic heterocycles. The molecule has 1 aliphatic heterocycles. The van der Waals surface area contributed by atoms with Crippen molar-refractivity contribution in [3.63, 3.8) is 0 Å². The maximum atomic E-state index is 12.1. The van der Waals surface area contributed by atoms with Gasteiger partial charge in [0.2, 0.25) is 0 Å². The molecule has 1 fully saturated rings. The van der Waals surface area contributed by atoms with Crippen molar-refractivity contribution in [2.75, 3.05) is 19.6 Å². The quantitative estimate of drug-likeness (QED) is 0.691. The molecule has 4 nitrogen and oxygen atoms in total. The van der Waals surface area contributed by atoms with Gasteiger partial charge in [-0.15, -0.1) is 0 Å². The lowest BCUT2D eigenvalue weighted by Gasteiger charge is -2.23. The summed E-state index contributed by atoms with van der Waals surface area (Å²) in [6.45, 7) is 2.47. The van der Waals surface area contributed by atoms with Crippen LogP contribution in [0.3, 0.4) is 0 Å². The third-order valence-corrected chi connectivity index (χ3v) is 4.53. The third-order valence-electron chi connectivity index (χ3n) is 4.53. The zero-order chi connectivity index (χ0) is 16.6. The van der Waals surface area contributed by atoms with Gasteiger partial charge in [-0.1, -0.05) is 61.7 Å². The van der Waals surface area contributed by atoms with Gasteiger partial charge in [0.15, 0.2) is 0 Å². The number of nitrogens with one attached hydrogen (secondary N) is 1. The van der Waals surface area contributed by atoms with Crippen LogP contribution in [0.4, 0.5) is 0 Å². The number of carbonyl (C=O) groups excluding carboxylic acids is 1. The summed E-state index contributed by atoms with van der Waals surface area (Å²) in [5, 5.41) is 6.46. The number of likely N-dealkylation sites (tertiary alicyclic amines) is 1. The average Bonchev–Trinajstić information content (AvgIpc) is 2.57. The van der Waals surface area contributed by atoms with Gasteiger partial charge in [0.1, 0.15) is 0 Å². The number of fused-ring (bicyclic) bond motifs is 1. The van der Waals surface area contributed by atoms with Crippen molar-refractivity contribution in [2.45, 2.75) is 32.1 Å². The van der Waals surface area contributed by atoms with E-state index in [4.69, 9.17) is 0 Å². The molecule has 0 saturated carbocycles. The SMILES string of the molecule is O=C(CN1CCCCCCC1)NN=Cc1cccc2ccccc12. The Morgan fingerprint density at radius 1 is 1.00 bits per heavy atom. The topological polar surface area (TPSA) is 44.7 Å². The number of hydrogen-bond donors (Lipinski definition) is 1. The van der Waals surface area contributed by atoms with Crippen LogP contribution in [0.15, 0.2) is 47.6 Å². The molecule has 1 heterocycles. The van der Waals surface area contributed by atoms with Crippen LogP contribution in [-0.2, 0) is 4.79 Å². The standard InChI is InChI=1S/C20H25N3O/c24-20(16-23-13-6-2-1-3-7-14-23)22-21-15-18-11-8-10-17-9-4-5-12-19(17)18/h4-5,8-12,15H,1-3,6-7,13-14,16H2,(H,22,24). The molecule has 2 aromatic rings. The van der Waals surface area contributed by atoms with Gasteiger partial charge in [0.25, 0.3) is 5.91 Å². The van der Waals surface area contributed by atoms with E-state index in [1.165, 1.54) is 37.5 Å². The summed E-state index contributed by atoms with van der Waals surface area (Å²) in [5.41, 5.74) is 3.68. The van der Waals surface area contributed by atoms with Crippen LogP contribution < -0.4 is 5.43 Å². The van der Waals surface area contributed by atoms with Crippen molar-refractivity contribution < 1.29 is 4.79 Å². The van der Waals surface area contributed by atoms with Crippen LogP contribution in [0, 0.1) is 0 Å². The fourth-order valence-electron chi connectivity index (χ4n) is 3.25. The van der Waals surface area contributed by atoms with Crippen LogP contribution in [0.5, 0.6) is 0 Å². The van der Waals surface area contributed by atoms with E-state index in [9.17, 15) is 4.79 Å². The largest absolute Gasteiger partial charge is 0.294 e. The molecule has 1 aliphatic rings. The van der Waals surface area contributed by atoms with E-state index >= 15 is 0 Å². The molecule has 0 spiro atoms. The Bertz CT molecular complexity index is 698. The first-order chi connectivity index (χ1) is 11.8. The van der Waals surface area contributed by atoms with E-state index < -0.39 is 0 Å². The molecule has 0 bridgehead atoms. The van der Waals surface area contributed by atoms with Crippen LogP contribution >= 0.6 is 0 Å². The second-order valence-corrected chi connectivity index (χ2v) is 6.41. The van der Waals surface area contributed by atoms with E-state index in [1.807, 2.05) is 24.3 Å². The Kier molecular flexibility index (Phi) is 5.96. The first-order valence-corrected chi connectivity index (χ1v) is 8.85. The number of nitrogens with zero attached hydrogens (tertiary/aromatic N) is 2. The van der Waals surface area contributed by atoms with Crippen molar-refractivity contribution in [3.05, 3.63) is 48.0 Å². The maximum Gasteiger partial charge on any atom is 0.254 e. The summed E-state index contributed by atoms with van der Waals surface area (Å²) in [4.78, 5) is 14.3. The lowest BCUT2D eigenvalue weighted by molar-refractivity contribution is -0.122. The first-order valence-electron chi connectivity index (χ1n) is 8.85. The van der Waals surface area contributed by atoms with Gasteiger partial charge in [0.05, 0.1) is 12.8 Å². The summed E-state index contributed by atoms with van der Waals surface area (Å²) in [5.74, 6) is -0.0351.